The molecule has 0 saturated heterocycles. The van der Waals surface area contributed by atoms with Crippen molar-refractivity contribution in [2.45, 2.75) is 26.8 Å². The number of aryl methyl sites for hydroxylation is 2. The summed E-state index contributed by atoms with van der Waals surface area (Å²) in [5, 5.41) is 4.53. The molecule has 154 valence electrons. The Kier molecular flexibility index (Phi) is 9.23. The first-order valence-corrected chi connectivity index (χ1v) is 9.31. The van der Waals surface area contributed by atoms with Gasteiger partial charge in [-0.05, 0) is 38.1 Å². The van der Waals surface area contributed by atoms with Crippen molar-refractivity contribution < 1.29 is 9.47 Å². The quantitative estimate of drug-likeness (QED) is 0.565. The number of nitrogens with two attached hydrogens (primary N) is 1. The summed E-state index contributed by atoms with van der Waals surface area (Å²) >= 11 is 1.69. The van der Waals surface area contributed by atoms with Crippen molar-refractivity contribution in [3.63, 3.8) is 0 Å². The number of halogens is 2. The van der Waals surface area contributed by atoms with Crippen LogP contribution in [0.2, 0.25) is 0 Å². The Balaban J connectivity index is 0.00000196. The monoisotopic (exact) mass is 444 g/mol. The Hall–Kier alpha value is -1.80. The van der Waals surface area contributed by atoms with Gasteiger partial charge in [0.15, 0.2) is 0 Å². The predicted molar refractivity (Wildman–Crippen MR) is 121 cm³/mol. The average Bonchev–Trinajstić information content (AvgIpc) is 2.93. The van der Waals surface area contributed by atoms with Crippen LogP contribution in [0.4, 0.5) is 5.82 Å². The molecule has 0 fully saturated rings. The number of hydrogen-bond donors (Lipinski definition) is 2. The fourth-order valence-corrected chi connectivity index (χ4v) is 3.98. The standard InChI is InChI=1S/C19H24N4O2S.2ClH/c1-11-12(2)26-19-17(11)18(22-16(23-19)8-9-20)21-10-13-14(24-3)6-5-7-15(13)25-4;;/h5-7H,8-10,20H2,1-4H3,(H,21,22,23);2*1H. The number of thiophene rings is 1. The minimum absolute atomic E-state index is 0. The van der Waals surface area contributed by atoms with Gasteiger partial charge in [0.1, 0.15) is 28.0 Å². The molecule has 2 aromatic heterocycles. The van der Waals surface area contributed by atoms with Gasteiger partial charge in [0.25, 0.3) is 0 Å². The maximum atomic E-state index is 5.70. The van der Waals surface area contributed by atoms with Crippen molar-refractivity contribution >= 4 is 52.2 Å². The van der Waals surface area contributed by atoms with Crippen LogP contribution < -0.4 is 20.5 Å². The van der Waals surface area contributed by atoms with Gasteiger partial charge in [0.05, 0.1) is 25.2 Å². The molecule has 0 radical (unpaired) electrons. The Labute approximate surface area is 181 Å². The van der Waals surface area contributed by atoms with Crippen LogP contribution in [0.25, 0.3) is 10.2 Å². The van der Waals surface area contributed by atoms with Gasteiger partial charge >= 0.3 is 0 Å². The molecule has 0 spiro atoms. The molecule has 1 aromatic carbocycles. The SMILES string of the molecule is COc1cccc(OC)c1CNc1nc(CCN)nc2sc(C)c(C)c12.Cl.Cl. The van der Waals surface area contributed by atoms with Crippen molar-refractivity contribution in [3.05, 3.63) is 40.0 Å². The molecule has 9 heteroatoms. The van der Waals surface area contributed by atoms with E-state index in [0.717, 1.165) is 38.9 Å². The van der Waals surface area contributed by atoms with E-state index in [1.807, 2.05) is 18.2 Å². The van der Waals surface area contributed by atoms with Crippen LogP contribution in [0.3, 0.4) is 0 Å². The number of fused-ring (bicyclic) bond motifs is 1. The zero-order valence-electron chi connectivity index (χ0n) is 16.4. The van der Waals surface area contributed by atoms with Gasteiger partial charge in [-0.1, -0.05) is 6.07 Å². The molecule has 3 N–H and O–H groups in total. The van der Waals surface area contributed by atoms with Crippen LogP contribution in [-0.2, 0) is 13.0 Å². The van der Waals surface area contributed by atoms with E-state index in [0.29, 0.717) is 19.5 Å². The van der Waals surface area contributed by atoms with E-state index in [-0.39, 0.29) is 24.8 Å². The lowest BCUT2D eigenvalue weighted by Crippen LogP contribution is -2.10. The molecule has 6 nitrogen and oxygen atoms in total. The van der Waals surface area contributed by atoms with Crippen LogP contribution in [0.1, 0.15) is 21.8 Å². The molecule has 0 amide bonds. The van der Waals surface area contributed by atoms with Crippen molar-refractivity contribution in [1.29, 1.82) is 0 Å². The number of ether oxygens (including phenoxy) is 2. The van der Waals surface area contributed by atoms with E-state index in [4.69, 9.17) is 20.2 Å². The zero-order chi connectivity index (χ0) is 18.7. The third-order valence-electron chi connectivity index (χ3n) is 4.41. The highest BCUT2D eigenvalue weighted by Crippen LogP contribution is 2.35. The first-order chi connectivity index (χ1) is 12.6. The van der Waals surface area contributed by atoms with Gasteiger partial charge in [-0.3, -0.25) is 0 Å². The molecule has 0 unspecified atom stereocenters. The molecule has 0 aliphatic heterocycles. The van der Waals surface area contributed by atoms with E-state index in [9.17, 15) is 0 Å². The molecule has 0 aliphatic rings. The summed E-state index contributed by atoms with van der Waals surface area (Å²) in [5.74, 6) is 3.15. The van der Waals surface area contributed by atoms with Crippen LogP contribution in [0.5, 0.6) is 11.5 Å². The molecule has 0 aliphatic carbocycles. The van der Waals surface area contributed by atoms with Crippen LogP contribution in [0, 0.1) is 13.8 Å². The van der Waals surface area contributed by atoms with E-state index < -0.39 is 0 Å². The molecular weight excluding hydrogens is 419 g/mol. The predicted octanol–water partition coefficient (Wildman–Crippen LogP) is 4.28. The Morgan fingerprint density at radius 3 is 2.29 bits per heavy atom. The molecule has 28 heavy (non-hydrogen) atoms. The van der Waals surface area contributed by atoms with Crippen molar-refractivity contribution in [1.82, 2.24) is 9.97 Å². The second-order valence-electron chi connectivity index (χ2n) is 5.99. The summed E-state index contributed by atoms with van der Waals surface area (Å²) in [4.78, 5) is 11.6. The summed E-state index contributed by atoms with van der Waals surface area (Å²) < 4.78 is 11.0. The second-order valence-corrected chi connectivity index (χ2v) is 7.19. The minimum Gasteiger partial charge on any atom is -0.496 e. The fraction of sp³-hybridized carbons (Fsp3) is 0.368. The number of nitrogens with zero attached hydrogens (tertiary/aromatic N) is 2. The summed E-state index contributed by atoms with van der Waals surface area (Å²) in [5.41, 5.74) is 7.86. The van der Waals surface area contributed by atoms with Gasteiger partial charge in [-0.15, -0.1) is 36.2 Å². The third kappa shape index (κ3) is 4.78. The topological polar surface area (TPSA) is 82.3 Å². The van der Waals surface area contributed by atoms with Gasteiger partial charge in [0, 0.05) is 17.8 Å². The zero-order valence-corrected chi connectivity index (χ0v) is 18.8. The van der Waals surface area contributed by atoms with Crippen molar-refractivity contribution in [2.24, 2.45) is 5.73 Å². The van der Waals surface area contributed by atoms with E-state index in [2.05, 4.69) is 24.1 Å². The number of methoxy groups -OCH3 is 2. The van der Waals surface area contributed by atoms with Crippen LogP contribution >= 0.6 is 36.2 Å². The first kappa shape index (κ1) is 24.2. The largest absolute Gasteiger partial charge is 0.496 e. The summed E-state index contributed by atoms with van der Waals surface area (Å²) in [7, 11) is 3.32. The van der Waals surface area contributed by atoms with Crippen molar-refractivity contribution in [3.8, 4) is 11.5 Å². The van der Waals surface area contributed by atoms with E-state index >= 15 is 0 Å². The summed E-state index contributed by atoms with van der Waals surface area (Å²) in [6.45, 7) is 5.27. The second kappa shape index (κ2) is 10.7. The van der Waals surface area contributed by atoms with Gasteiger partial charge in [0.2, 0.25) is 0 Å². The summed E-state index contributed by atoms with van der Waals surface area (Å²) in [6, 6.07) is 5.76. The number of nitrogens with one attached hydrogen (secondary N) is 1. The van der Waals surface area contributed by atoms with Gasteiger partial charge < -0.3 is 20.5 Å². The van der Waals surface area contributed by atoms with Crippen LogP contribution in [0.15, 0.2) is 18.2 Å². The first-order valence-electron chi connectivity index (χ1n) is 8.49. The summed E-state index contributed by atoms with van der Waals surface area (Å²) in [6.07, 6.45) is 0.651. The number of rotatable bonds is 7. The maximum absolute atomic E-state index is 5.70. The molecular formula is C19H26Cl2N4O2S. The molecule has 3 rings (SSSR count). The number of aromatic nitrogens is 2. The number of benzene rings is 1. The highest BCUT2D eigenvalue weighted by molar-refractivity contribution is 7.18. The molecule has 0 saturated carbocycles. The maximum Gasteiger partial charge on any atom is 0.139 e. The lowest BCUT2D eigenvalue weighted by atomic mass is 10.1. The van der Waals surface area contributed by atoms with Gasteiger partial charge in [-0.25, -0.2) is 9.97 Å². The number of hydrogen-bond acceptors (Lipinski definition) is 7. The molecule has 2 heterocycles. The minimum atomic E-state index is 0. The number of anilines is 1. The Bertz CT molecular complexity index is 912. The van der Waals surface area contributed by atoms with Crippen molar-refractivity contribution in [2.75, 3.05) is 26.1 Å². The average molecular weight is 445 g/mol. The van der Waals surface area contributed by atoms with E-state index in [1.54, 1.807) is 25.6 Å². The smallest absolute Gasteiger partial charge is 0.139 e. The lowest BCUT2D eigenvalue weighted by molar-refractivity contribution is 0.386. The van der Waals surface area contributed by atoms with Crippen LogP contribution in [-0.4, -0.2) is 30.7 Å². The Morgan fingerprint density at radius 2 is 1.71 bits per heavy atom. The fourth-order valence-electron chi connectivity index (χ4n) is 2.94. The normalized spacial score (nSPS) is 10.2. The third-order valence-corrected chi connectivity index (χ3v) is 5.51. The Morgan fingerprint density at radius 1 is 1.07 bits per heavy atom. The highest BCUT2D eigenvalue weighted by atomic mass is 35.5. The van der Waals surface area contributed by atoms with E-state index in [1.165, 1.54) is 10.4 Å². The highest BCUT2D eigenvalue weighted by Gasteiger charge is 2.16. The molecule has 0 bridgehead atoms. The molecule has 0 atom stereocenters. The lowest BCUT2D eigenvalue weighted by Gasteiger charge is -2.15. The molecule has 3 aromatic rings. The van der Waals surface area contributed by atoms with Gasteiger partial charge in [-0.2, -0.15) is 0 Å².